The highest BCUT2D eigenvalue weighted by Gasteiger charge is 2.35. The molecule has 2 aromatic rings. The summed E-state index contributed by atoms with van der Waals surface area (Å²) in [4.78, 5) is 13.6. The molecule has 1 saturated heterocycles. The minimum absolute atomic E-state index is 0.221. The first-order chi connectivity index (χ1) is 11.3. The first-order valence-electron chi connectivity index (χ1n) is 7.54. The minimum atomic E-state index is -4.50. The highest BCUT2D eigenvalue weighted by Crippen LogP contribution is 2.34. The smallest absolute Gasteiger partial charge is 0.324 e. The maximum atomic E-state index is 12.9. The summed E-state index contributed by atoms with van der Waals surface area (Å²) in [5.74, 6) is 0.257. The van der Waals surface area contributed by atoms with Gasteiger partial charge in [0.2, 0.25) is 0 Å². The molecule has 8 heteroatoms. The molecule has 5 nitrogen and oxygen atoms in total. The van der Waals surface area contributed by atoms with Crippen LogP contribution in [0, 0.1) is 12.8 Å². The topological polar surface area (TPSA) is 50.2 Å². The van der Waals surface area contributed by atoms with Crippen LogP contribution in [-0.4, -0.2) is 33.8 Å². The maximum Gasteiger partial charge on any atom is 0.418 e. The summed E-state index contributed by atoms with van der Waals surface area (Å²) in [7, 11) is 0. The molecular weight excluding hydrogens is 321 g/mol. The molecule has 0 unspecified atom stereocenters. The lowest BCUT2D eigenvalue weighted by atomic mass is 10.0. The lowest BCUT2D eigenvalue weighted by Crippen LogP contribution is -2.53. The molecule has 2 heterocycles. The molecule has 1 aliphatic rings. The van der Waals surface area contributed by atoms with Gasteiger partial charge in [0.15, 0.2) is 0 Å². The molecule has 0 radical (unpaired) electrons. The number of anilines is 1. The summed E-state index contributed by atoms with van der Waals surface area (Å²) in [6, 6.07) is 4.45. The largest absolute Gasteiger partial charge is 0.418 e. The number of likely N-dealkylation sites (tertiary alicyclic amines) is 1. The van der Waals surface area contributed by atoms with Crippen molar-refractivity contribution < 1.29 is 18.0 Å². The number of carbonyl (C=O) groups is 1. The van der Waals surface area contributed by atoms with Gasteiger partial charge in [-0.2, -0.15) is 18.3 Å². The Kier molecular flexibility index (Phi) is 4.21. The number of urea groups is 1. The Labute approximate surface area is 137 Å². The molecule has 1 fully saturated rings. The van der Waals surface area contributed by atoms with Crippen LogP contribution in [0.5, 0.6) is 0 Å². The number of aromatic nitrogens is 2. The van der Waals surface area contributed by atoms with Crippen LogP contribution in [0.25, 0.3) is 0 Å². The number of carbonyl (C=O) groups excluding carboxylic acids is 1. The van der Waals surface area contributed by atoms with E-state index in [-0.39, 0.29) is 11.6 Å². The molecule has 2 amide bonds. The van der Waals surface area contributed by atoms with E-state index in [1.54, 1.807) is 6.20 Å². The van der Waals surface area contributed by atoms with E-state index in [0.717, 1.165) is 11.6 Å². The van der Waals surface area contributed by atoms with Crippen molar-refractivity contribution in [3.63, 3.8) is 0 Å². The van der Waals surface area contributed by atoms with E-state index >= 15 is 0 Å². The fourth-order valence-electron chi connectivity index (χ4n) is 2.72. The van der Waals surface area contributed by atoms with Crippen LogP contribution in [-0.2, 0) is 12.7 Å². The number of alkyl halides is 3. The van der Waals surface area contributed by atoms with E-state index in [1.807, 2.05) is 17.8 Å². The lowest BCUT2D eigenvalue weighted by Gasteiger charge is -2.39. The number of amides is 2. The van der Waals surface area contributed by atoms with Gasteiger partial charge in [0.25, 0.3) is 0 Å². The fraction of sp³-hybridized carbons (Fsp3) is 0.375. The van der Waals surface area contributed by atoms with Gasteiger partial charge in [-0.3, -0.25) is 4.68 Å². The van der Waals surface area contributed by atoms with Gasteiger partial charge >= 0.3 is 12.2 Å². The molecule has 0 atom stereocenters. The third-order valence-electron chi connectivity index (χ3n) is 3.93. The van der Waals surface area contributed by atoms with Gasteiger partial charge in [-0.05, 0) is 24.6 Å². The average Bonchev–Trinajstić information content (AvgIpc) is 2.87. The normalized spacial score (nSPS) is 15.2. The Morgan fingerprint density at radius 1 is 1.33 bits per heavy atom. The highest BCUT2D eigenvalue weighted by atomic mass is 19.4. The van der Waals surface area contributed by atoms with Gasteiger partial charge in [-0.25, -0.2) is 4.79 Å². The molecule has 1 aromatic carbocycles. The van der Waals surface area contributed by atoms with Gasteiger partial charge in [-0.15, -0.1) is 0 Å². The number of aryl methyl sites for hydroxylation is 1. The van der Waals surface area contributed by atoms with Crippen molar-refractivity contribution in [2.24, 2.45) is 5.92 Å². The molecule has 0 spiro atoms. The van der Waals surface area contributed by atoms with E-state index in [1.165, 1.54) is 23.1 Å². The van der Waals surface area contributed by atoms with Gasteiger partial charge in [0, 0.05) is 31.7 Å². The van der Waals surface area contributed by atoms with E-state index in [2.05, 4.69) is 10.4 Å². The number of hydrogen-bond acceptors (Lipinski definition) is 2. The Balaban J connectivity index is 1.56. The van der Waals surface area contributed by atoms with Crippen LogP contribution in [0.3, 0.4) is 0 Å². The summed E-state index contributed by atoms with van der Waals surface area (Å²) in [5, 5.41) is 6.54. The molecule has 128 valence electrons. The predicted molar refractivity (Wildman–Crippen MR) is 82.5 cm³/mol. The fourth-order valence-corrected chi connectivity index (χ4v) is 2.72. The van der Waals surface area contributed by atoms with Crippen LogP contribution < -0.4 is 5.32 Å². The second-order valence-electron chi connectivity index (χ2n) is 5.98. The lowest BCUT2D eigenvalue weighted by molar-refractivity contribution is -0.136. The van der Waals surface area contributed by atoms with Crippen LogP contribution >= 0.6 is 0 Å². The van der Waals surface area contributed by atoms with Crippen molar-refractivity contribution in [3.05, 3.63) is 47.8 Å². The van der Waals surface area contributed by atoms with E-state index in [4.69, 9.17) is 0 Å². The molecule has 1 aromatic heterocycles. The monoisotopic (exact) mass is 338 g/mol. The van der Waals surface area contributed by atoms with Gasteiger partial charge < -0.3 is 10.2 Å². The first kappa shape index (κ1) is 16.4. The molecule has 24 heavy (non-hydrogen) atoms. The molecule has 0 saturated carbocycles. The quantitative estimate of drug-likeness (QED) is 0.933. The summed E-state index contributed by atoms with van der Waals surface area (Å²) >= 11 is 0. The molecule has 1 aliphatic heterocycles. The van der Waals surface area contributed by atoms with Crippen LogP contribution in [0.1, 0.15) is 11.1 Å². The van der Waals surface area contributed by atoms with Crippen LogP contribution in [0.15, 0.2) is 36.7 Å². The average molecular weight is 338 g/mol. The molecule has 0 bridgehead atoms. The van der Waals surface area contributed by atoms with Crippen LogP contribution in [0.2, 0.25) is 0 Å². The predicted octanol–water partition coefficient (Wildman–Crippen LogP) is 3.37. The number of para-hydroxylation sites is 1. The SMILES string of the molecule is Cc1cnn(CC2CN(C(=O)Nc3ccccc3C(F)(F)F)C2)c1. The summed E-state index contributed by atoms with van der Waals surface area (Å²) in [6.07, 6.45) is -0.821. The summed E-state index contributed by atoms with van der Waals surface area (Å²) in [6.45, 7) is 3.64. The second kappa shape index (κ2) is 6.18. The Bertz CT molecular complexity index is 735. The van der Waals surface area contributed by atoms with Gasteiger partial charge in [-0.1, -0.05) is 12.1 Å². The molecule has 1 N–H and O–H groups in total. The number of nitrogens with one attached hydrogen (secondary N) is 1. The molecule has 3 rings (SSSR count). The van der Waals surface area contributed by atoms with Gasteiger partial charge in [0.1, 0.15) is 0 Å². The Morgan fingerprint density at radius 3 is 2.67 bits per heavy atom. The number of benzene rings is 1. The Morgan fingerprint density at radius 2 is 2.04 bits per heavy atom. The van der Waals surface area contributed by atoms with Crippen molar-refractivity contribution in [3.8, 4) is 0 Å². The zero-order chi connectivity index (χ0) is 17.3. The minimum Gasteiger partial charge on any atom is -0.324 e. The van der Waals surface area contributed by atoms with Gasteiger partial charge in [0.05, 0.1) is 17.4 Å². The van der Waals surface area contributed by atoms with Crippen molar-refractivity contribution >= 4 is 11.7 Å². The van der Waals surface area contributed by atoms with E-state index in [9.17, 15) is 18.0 Å². The highest BCUT2D eigenvalue weighted by molar-refractivity contribution is 5.90. The third-order valence-corrected chi connectivity index (χ3v) is 3.93. The number of hydrogen-bond donors (Lipinski definition) is 1. The van der Waals surface area contributed by atoms with E-state index < -0.39 is 17.8 Å². The summed E-state index contributed by atoms with van der Waals surface area (Å²) < 4.78 is 40.6. The van der Waals surface area contributed by atoms with E-state index in [0.29, 0.717) is 19.6 Å². The molecule has 0 aliphatic carbocycles. The van der Waals surface area contributed by atoms with Crippen molar-refractivity contribution in [1.29, 1.82) is 0 Å². The van der Waals surface area contributed by atoms with Crippen molar-refractivity contribution in [2.45, 2.75) is 19.6 Å². The number of rotatable bonds is 3. The standard InChI is InChI=1S/C16H17F3N4O/c1-11-6-20-23(7-11)10-12-8-22(9-12)15(24)21-14-5-3-2-4-13(14)16(17,18)19/h2-7,12H,8-10H2,1H3,(H,21,24). The number of nitrogens with zero attached hydrogens (tertiary/aromatic N) is 3. The number of halogens is 3. The zero-order valence-corrected chi connectivity index (χ0v) is 13.0. The van der Waals surface area contributed by atoms with Crippen molar-refractivity contribution in [1.82, 2.24) is 14.7 Å². The van der Waals surface area contributed by atoms with Crippen molar-refractivity contribution in [2.75, 3.05) is 18.4 Å². The Hall–Kier alpha value is -2.51. The summed E-state index contributed by atoms with van der Waals surface area (Å²) in [5.41, 5.74) is -0.00345. The first-order valence-corrected chi connectivity index (χ1v) is 7.54. The van der Waals surface area contributed by atoms with Crippen LogP contribution in [0.4, 0.5) is 23.7 Å². The third kappa shape index (κ3) is 3.52. The zero-order valence-electron chi connectivity index (χ0n) is 13.0. The second-order valence-corrected chi connectivity index (χ2v) is 5.98. The maximum absolute atomic E-state index is 12.9. The molecular formula is C16H17F3N4O.